The Bertz CT molecular complexity index is 374. The van der Waals surface area contributed by atoms with Gasteiger partial charge in [-0.2, -0.15) is 5.10 Å². The average molecular weight is 210 g/mol. The summed E-state index contributed by atoms with van der Waals surface area (Å²) in [7, 11) is 0. The number of hydrogen-bond acceptors (Lipinski definition) is 3. The van der Waals surface area contributed by atoms with Crippen molar-refractivity contribution in [3.63, 3.8) is 0 Å². The van der Waals surface area contributed by atoms with Gasteiger partial charge in [0.25, 0.3) is 0 Å². The van der Waals surface area contributed by atoms with Crippen molar-refractivity contribution in [2.45, 2.75) is 40.7 Å². The molecule has 4 heteroatoms. The molecule has 1 rings (SSSR count). The fourth-order valence-electron chi connectivity index (χ4n) is 1.23. The molecule has 0 amide bonds. The molecule has 0 spiro atoms. The van der Waals surface area contributed by atoms with Gasteiger partial charge in [-0.15, -0.1) is 0 Å². The molecule has 1 unspecified atom stereocenters. The van der Waals surface area contributed by atoms with Crippen LogP contribution >= 0.6 is 0 Å². The Labute approximate surface area is 89.9 Å². The summed E-state index contributed by atoms with van der Waals surface area (Å²) < 4.78 is 1.64. The molecule has 0 saturated carbocycles. The Morgan fingerprint density at radius 1 is 1.53 bits per heavy atom. The first-order valence-corrected chi connectivity index (χ1v) is 5.02. The maximum Gasteiger partial charge on any atom is 0.183 e. The van der Waals surface area contributed by atoms with Gasteiger partial charge in [0.15, 0.2) is 17.2 Å². The van der Waals surface area contributed by atoms with Crippen LogP contribution in [0.2, 0.25) is 0 Å². The standard InChI is InChI=1S/C11H18N2O2/c1-7(14)10-9(15)6-13(12-10)8(2)11(3,4)5/h6,8,15H,1-5H3. The van der Waals surface area contributed by atoms with Crippen LogP contribution in [0.3, 0.4) is 0 Å². The number of aromatic nitrogens is 2. The fourth-order valence-corrected chi connectivity index (χ4v) is 1.23. The van der Waals surface area contributed by atoms with E-state index in [4.69, 9.17) is 0 Å². The van der Waals surface area contributed by atoms with Crippen LogP contribution < -0.4 is 0 Å². The zero-order chi connectivity index (χ0) is 11.8. The molecule has 0 aliphatic carbocycles. The number of hydrogen-bond donors (Lipinski definition) is 1. The first kappa shape index (κ1) is 11.8. The molecule has 0 aliphatic rings. The van der Waals surface area contributed by atoms with Crippen molar-refractivity contribution in [2.75, 3.05) is 0 Å². The molecule has 0 bridgehead atoms. The minimum Gasteiger partial charge on any atom is -0.504 e. The van der Waals surface area contributed by atoms with Gasteiger partial charge >= 0.3 is 0 Å². The lowest BCUT2D eigenvalue weighted by molar-refractivity contribution is 0.100. The van der Waals surface area contributed by atoms with Crippen molar-refractivity contribution in [2.24, 2.45) is 5.41 Å². The Kier molecular flexibility index (Phi) is 2.88. The Morgan fingerprint density at radius 2 is 2.07 bits per heavy atom. The third-order valence-electron chi connectivity index (χ3n) is 2.70. The zero-order valence-electron chi connectivity index (χ0n) is 9.90. The van der Waals surface area contributed by atoms with Crippen LogP contribution in [0.15, 0.2) is 6.20 Å². The molecule has 15 heavy (non-hydrogen) atoms. The highest BCUT2D eigenvalue weighted by Crippen LogP contribution is 2.31. The number of nitrogens with zero attached hydrogens (tertiary/aromatic N) is 2. The highest BCUT2D eigenvalue weighted by atomic mass is 16.3. The van der Waals surface area contributed by atoms with Crippen LogP contribution in [0.4, 0.5) is 0 Å². The summed E-state index contributed by atoms with van der Waals surface area (Å²) in [5, 5.41) is 13.6. The van der Waals surface area contributed by atoms with E-state index in [1.807, 2.05) is 6.92 Å². The van der Waals surface area contributed by atoms with E-state index < -0.39 is 0 Å². The lowest BCUT2D eigenvalue weighted by Crippen LogP contribution is -2.22. The van der Waals surface area contributed by atoms with E-state index in [1.165, 1.54) is 13.1 Å². The normalized spacial score (nSPS) is 13.9. The Hall–Kier alpha value is -1.32. The van der Waals surface area contributed by atoms with Gasteiger partial charge in [-0.3, -0.25) is 9.48 Å². The van der Waals surface area contributed by atoms with E-state index in [0.717, 1.165) is 0 Å². The summed E-state index contributed by atoms with van der Waals surface area (Å²) in [6, 6.07) is 0.122. The molecule has 84 valence electrons. The molecule has 0 aliphatic heterocycles. The van der Waals surface area contributed by atoms with E-state index in [0.29, 0.717) is 0 Å². The van der Waals surface area contributed by atoms with Gasteiger partial charge in [-0.05, 0) is 12.3 Å². The number of aromatic hydroxyl groups is 1. The maximum atomic E-state index is 11.1. The summed E-state index contributed by atoms with van der Waals surface area (Å²) in [6.07, 6.45) is 1.51. The quantitative estimate of drug-likeness (QED) is 0.762. The lowest BCUT2D eigenvalue weighted by Gasteiger charge is -2.27. The molecule has 1 atom stereocenters. The molecule has 0 aromatic carbocycles. The predicted molar refractivity (Wildman–Crippen MR) is 58.1 cm³/mol. The second kappa shape index (κ2) is 3.68. The third kappa shape index (κ3) is 2.37. The maximum absolute atomic E-state index is 11.1. The van der Waals surface area contributed by atoms with Crippen LogP contribution in [0.25, 0.3) is 0 Å². The van der Waals surface area contributed by atoms with Crippen molar-refractivity contribution < 1.29 is 9.90 Å². The third-order valence-corrected chi connectivity index (χ3v) is 2.70. The second-order valence-electron chi connectivity index (χ2n) is 4.94. The average Bonchev–Trinajstić information content (AvgIpc) is 2.44. The SMILES string of the molecule is CC(=O)c1nn(C(C)C(C)(C)C)cc1O. The van der Waals surface area contributed by atoms with Crippen LogP contribution in [0.1, 0.15) is 51.1 Å². The molecular formula is C11H18N2O2. The fraction of sp³-hybridized carbons (Fsp3) is 0.636. The molecule has 4 nitrogen and oxygen atoms in total. The topological polar surface area (TPSA) is 55.1 Å². The molecule has 0 fully saturated rings. The summed E-state index contributed by atoms with van der Waals surface area (Å²) in [6.45, 7) is 9.67. The molecule has 1 aromatic rings. The molecule has 0 radical (unpaired) electrons. The van der Waals surface area contributed by atoms with E-state index in [1.54, 1.807) is 4.68 Å². The van der Waals surface area contributed by atoms with Crippen molar-refractivity contribution in [1.29, 1.82) is 0 Å². The second-order valence-corrected chi connectivity index (χ2v) is 4.94. The summed E-state index contributed by atoms with van der Waals surface area (Å²) in [5.41, 5.74) is 0.179. The van der Waals surface area contributed by atoms with Crippen molar-refractivity contribution in [3.8, 4) is 5.75 Å². The number of rotatable bonds is 2. The number of carbonyl (C=O) groups is 1. The van der Waals surface area contributed by atoms with Gasteiger partial charge in [-0.25, -0.2) is 0 Å². The van der Waals surface area contributed by atoms with Gasteiger partial charge in [0.1, 0.15) is 0 Å². The molecule has 0 saturated heterocycles. The number of ketones is 1. The van der Waals surface area contributed by atoms with Crippen LogP contribution in [-0.4, -0.2) is 20.7 Å². The lowest BCUT2D eigenvalue weighted by atomic mass is 9.88. The van der Waals surface area contributed by atoms with E-state index in [-0.39, 0.29) is 28.7 Å². The van der Waals surface area contributed by atoms with Gasteiger partial charge in [0, 0.05) is 6.92 Å². The van der Waals surface area contributed by atoms with Crippen molar-refractivity contribution >= 4 is 5.78 Å². The Balaban J connectivity index is 3.08. The van der Waals surface area contributed by atoms with Gasteiger partial charge in [0.05, 0.1) is 12.2 Å². The van der Waals surface area contributed by atoms with Crippen LogP contribution in [0.5, 0.6) is 5.75 Å². The Morgan fingerprint density at radius 3 is 2.40 bits per heavy atom. The molecule has 1 N–H and O–H groups in total. The summed E-state index contributed by atoms with van der Waals surface area (Å²) >= 11 is 0. The van der Waals surface area contributed by atoms with E-state index >= 15 is 0 Å². The number of Topliss-reactive ketones (excluding diaryl/α,β-unsaturated/α-hetero) is 1. The first-order valence-electron chi connectivity index (χ1n) is 5.02. The predicted octanol–water partition coefficient (Wildman–Crippen LogP) is 2.40. The van der Waals surface area contributed by atoms with E-state index in [2.05, 4.69) is 25.9 Å². The zero-order valence-corrected chi connectivity index (χ0v) is 9.90. The number of carbonyl (C=O) groups excluding carboxylic acids is 1. The minimum atomic E-state index is -0.215. The van der Waals surface area contributed by atoms with Gasteiger partial charge < -0.3 is 5.11 Å². The summed E-state index contributed by atoms with van der Waals surface area (Å²) in [4.78, 5) is 11.1. The van der Waals surface area contributed by atoms with Gasteiger partial charge in [0.2, 0.25) is 0 Å². The van der Waals surface area contributed by atoms with Crippen LogP contribution in [0, 0.1) is 5.41 Å². The molecule has 1 heterocycles. The smallest absolute Gasteiger partial charge is 0.183 e. The first-order chi connectivity index (χ1) is 6.73. The highest BCUT2D eigenvalue weighted by molar-refractivity contribution is 5.94. The van der Waals surface area contributed by atoms with Crippen LogP contribution in [-0.2, 0) is 0 Å². The highest BCUT2D eigenvalue weighted by Gasteiger charge is 2.24. The van der Waals surface area contributed by atoms with E-state index in [9.17, 15) is 9.90 Å². The van der Waals surface area contributed by atoms with Gasteiger partial charge in [-0.1, -0.05) is 20.8 Å². The minimum absolute atomic E-state index is 0.0342. The van der Waals surface area contributed by atoms with Crippen molar-refractivity contribution in [1.82, 2.24) is 9.78 Å². The molecular weight excluding hydrogens is 192 g/mol. The summed E-state index contributed by atoms with van der Waals surface area (Å²) in [5.74, 6) is -0.258. The monoisotopic (exact) mass is 210 g/mol. The largest absolute Gasteiger partial charge is 0.504 e. The van der Waals surface area contributed by atoms with Crippen molar-refractivity contribution in [3.05, 3.63) is 11.9 Å². The molecule has 1 aromatic heterocycles.